The van der Waals surface area contributed by atoms with Crippen molar-refractivity contribution in [1.29, 1.82) is 0 Å². The molecule has 1 N–H and O–H groups in total. The maximum atomic E-state index is 13.2. The smallest absolute Gasteiger partial charge is 0.338 e. The van der Waals surface area contributed by atoms with Crippen LogP contribution < -0.4 is 5.32 Å². The van der Waals surface area contributed by atoms with Gasteiger partial charge in [0.05, 0.1) is 11.3 Å². The molecule has 2 heterocycles. The van der Waals surface area contributed by atoms with Crippen molar-refractivity contribution in [1.82, 2.24) is 10.2 Å². The van der Waals surface area contributed by atoms with Gasteiger partial charge in [0.25, 0.3) is 0 Å². The van der Waals surface area contributed by atoms with E-state index in [2.05, 4.69) is 5.32 Å². The summed E-state index contributed by atoms with van der Waals surface area (Å²) in [5.41, 5.74) is 2.33. The number of hydrogen-bond donors (Lipinski definition) is 1. The number of nitrogens with zero attached hydrogens (tertiary/aromatic N) is 1. The molecular formula is C20H19FN2O3S. The van der Waals surface area contributed by atoms with Gasteiger partial charge in [-0.05, 0) is 36.8 Å². The minimum atomic E-state index is -0.413. The Labute approximate surface area is 160 Å². The number of halogens is 1. The van der Waals surface area contributed by atoms with Crippen molar-refractivity contribution in [3.63, 3.8) is 0 Å². The molecule has 2 aliphatic rings. The summed E-state index contributed by atoms with van der Waals surface area (Å²) in [5.74, 6) is -0.388. The van der Waals surface area contributed by atoms with E-state index in [1.807, 2.05) is 19.1 Å². The number of thioether (sulfide) groups is 1. The Bertz CT molecular complexity index is 874. The molecule has 2 fully saturated rings. The molecule has 2 aromatic carbocycles. The topological polar surface area (TPSA) is 58.6 Å². The lowest BCUT2D eigenvalue weighted by atomic mass is 10.1. The van der Waals surface area contributed by atoms with E-state index in [1.165, 1.54) is 23.9 Å². The molecule has 27 heavy (non-hydrogen) atoms. The normalized spacial score (nSPS) is 24.6. The van der Waals surface area contributed by atoms with Gasteiger partial charge in [0, 0.05) is 6.54 Å². The Hall–Kier alpha value is -2.38. The number of hydrogen-bond acceptors (Lipinski definition) is 5. The molecule has 0 spiro atoms. The molecule has 0 bridgehead atoms. The lowest BCUT2D eigenvalue weighted by Crippen LogP contribution is -2.67. The number of amides is 1. The molecule has 2 saturated heterocycles. The average Bonchev–Trinajstić information content (AvgIpc) is 3.00. The van der Waals surface area contributed by atoms with E-state index in [-0.39, 0.29) is 23.3 Å². The fourth-order valence-electron chi connectivity index (χ4n) is 3.30. The summed E-state index contributed by atoms with van der Waals surface area (Å²) < 4.78 is 18.9. The standard InChI is InChI=1S/C20H19FN2O3S/c1-12-3-2-4-14(9-12)20(25)26-16-10-22-18(16)23-17(24)11-27-19(23)13-5-7-15(21)8-6-13/h2-9,16,18-19,22H,10-11H2,1H3. The number of benzene rings is 2. The van der Waals surface area contributed by atoms with Crippen LogP contribution in [0.5, 0.6) is 0 Å². The van der Waals surface area contributed by atoms with E-state index < -0.39 is 12.1 Å². The van der Waals surface area contributed by atoms with Crippen LogP contribution >= 0.6 is 11.8 Å². The SMILES string of the molecule is Cc1cccc(C(=O)OC2CNC2N2C(=O)CSC2c2ccc(F)cc2)c1. The first-order chi connectivity index (χ1) is 13.0. The van der Waals surface area contributed by atoms with E-state index in [0.29, 0.717) is 17.9 Å². The Morgan fingerprint density at radius 2 is 2.04 bits per heavy atom. The van der Waals surface area contributed by atoms with Crippen LogP contribution in [0.15, 0.2) is 48.5 Å². The highest BCUT2D eigenvalue weighted by molar-refractivity contribution is 8.00. The zero-order valence-corrected chi connectivity index (χ0v) is 15.5. The van der Waals surface area contributed by atoms with Gasteiger partial charge in [0.1, 0.15) is 23.5 Å². The molecule has 3 unspecified atom stereocenters. The van der Waals surface area contributed by atoms with Crippen molar-refractivity contribution < 1.29 is 18.7 Å². The van der Waals surface area contributed by atoms with E-state index in [4.69, 9.17) is 4.74 Å². The van der Waals surface area contributed by atoms with Gasteiger partial charge in [-0.25, -0.2) is 9.18 Å². The van der Waals surface area contributed by atoms with Crippen molar-refractivity contribution in [2.45, 2.75) is 24.6 Å². The van der Waals surface area contributed by atoms with Crippen LogP contribution in [0.4, 0.5) is 4.39 Å². The van der Waals surface area contributed by atoms with Crippen molar-refractivity contribution in [3.8, 4) is 0 Å². The molecule has 2 aromatic rings. The van der Waals surface area contributed by atoms with Crippen molar-refractivity contribution in [2.24, 2.45) is 0 Å². The van der Waals surface area contributed by atoms with Gasteiger partial charge >= 0.3 is 5.97 Å². The molecule has 4 rings (SSSR count). The number of ether oxygens (including phenoxy) is 1. The van der Waals surface area contributed by atoms with Crippen LogP contribution in [-0.2, 0) is 9.53 Å². The number of rotatable bonds is 4. The van der Waals surface area contributed by atoms with Gasteiger partial charge in [-0.1, -0.05) is 29.8 Å². The highest BCUT2D eigenvalue weighted by atomic mass is 32.2. The van der Waals surface area contributed by atoms with Crippen molar-refractivity contribution in [2.75, 3.05) is 12.3 Å². The zero-order valence-electron chi connectivity index (χ0n) is 14.7. The van der Waals surface area contributed by atoms with E-state index >= 15 is 0 Å². The maximum Gasteiger partial charge on any atom is 0.338 e. The second kappa shape index (κ2) is 7.32. The third-order valence-corrected chi connectivity index (χ3v) is 5.98. The molecule has 140 valence electrons. The molecule has 0 saturated carbocycles. The highest BCUT2D eigenvalue weighted by Crippen LogP contribution is 2.41. The fraction of sp³-hybridized carbons (Fsp3) is 0.300. The van der Waals surface area contributed by atoms with Crippen LogP contribution in [0, 0.1) is 12.7 Å². The van der Waals surface area contributed by atoms with Crippen LogP contribution in [0.25, 0.3) is 0 Å². The van der Waals surface area contributed by atoms with Crippen LogP contribution in [-0.4, -0.2) is 41.3 Å². The molecule has 3 atom stereocenters. The van der Waals surface area contributed by atoms with E-state index in [1.54, 1.807) is 29.2 Å². The van der Waals surface area contributed by atoms with Gasteiger partial charge < -0.3 is 9.64 Å². The summed E-state index contributed by atoms with van der Waals surface area (Å²) in [6, 6.07) is 13.4. The molecule has 7 heteroatoms. The number of carbonyl (C=O) groups is 2. The average molecular weight is 386 g/mol. The van der Waals surface area contributed by atoms with Crippen molar-refractivity contribution in [3.05, 3.63) is 71.0 Å². The summed E-state index contributed by atoms with van der Waals surface area (Å²) >= 11 is 1.49. The Kier molecular flexibility index (Phi) is 4.88. The first kappa shape index (κ1) is 18.0. The first-order valence-corrected chi connectivity index (χ1v) is 9.77. The molecule has 1 amide bonds. The fourth-order valence-corrected chi connectivity index (χ4v) is 4.51. The summed E-state index contributed by atoms with van der Waals surface area (Å²) in [6.07, 6.45) is -0.792. The number of carbonyl (C=O) groups excluding carboxylic acids is 2. The van der Waals surface area contributed by atoms with Crippen LogP contribution in [0.1, 0.15) is 26.9 Å². The predicted molar refractivity (Wildman–Crippen MR) is 101 cm³/mol. The van der Waals surface area contributed by atoms with Crippen LogP contribution in [0.2, 0.25) is 0 Å². The molecule has 5 nitrogen and oxygen atoms in total. The summed E-state index contributed by atoms with van der Waals surface area (Å²) in [4.78, 5) is 26.6. The summed E-state index contributed by atoms with van der Waals surface area (Å²) in [6.45, 7) is 2.41. The van der Waals surface area contributed by atoms with Gasteiger partial charge in [-0.3, -0.25) is 10.1 Å². The van der Waals surface area contributed by atoms with Gasteiger partial charge in [-0.2, -0.15) is 0 Å². The van der Waals surface area contributed by atoms with Gasteiger partial charge in [-0.15, -0.1) is 11.8 Å². The largest absolute Gasteiger partial charge is 0.454 e. The van der Waals surface area contributed by atoms with Crippen molar-refractivity contribution >= 4 is 23.6 Å². The lowest BCUT2D eigenvalue weighted by molar-refractivity contribution is -0.139. The Morgan fingerprint density at radius 3 is 2.70 bits per heavy atom. The molecule has 0 aromatic heterocycles. The molecule has 0 aliphatic carbocycles. The van der Waals surface area contributed by atoms with Crippen LogP contribution in [0.3, 0.4) is 0 Å². The summed E-state index contributed by atoms with van der Waals surface area (Å²) in [5, 5.41) is 2.96. The minimum absolute atomic E-state index is 0.0249. The third-order valence-electron chi connectivity index (χ3n) is 4.75. The minimum Gasteiger partial charge on any atom is -0.454 e. The molecular weight excluding hydrogens is 367 g/mol. The monoisotopic (exact) mass is 386 g/mol. The zero-order chi connectivity index (χ0) is 19.0. The van der Waals surface area contributed by atoms with E-state index in [9.17, 15) is 14.0 Å². The molecule has 0 radical (unpaired) electrons. The number of aryl methyl sites for hydroxylation is 1. The Balaban J connectivity index is 1.49. The van der Waals surface area contributed by atoms with Gasteiger partial charge in [0.2, 0.25) is 5.91 Å². The quantitative estimate of drug-likeness (QED) is 0.819. The number of esters is 1. The maximum absolute atomic E-state index is 13.2. The lowest BCUT2D eigenvalue weighted by Gasteiger charge is -2.44. The second-order valence-electron chi connectivity index (χ2n) is 6.68. The second-order valence-corrected chi connectivity index (χ2v) is 7.75. The molecule has 2 aliphatic heterocycles. The van der Waals surface area contributed by atoms with E-state index in [0.717, 1.165) is 11.1 Å². The Morgan fingerprint density at radius 1 is 1.26 bits per heavy atom. The highest BCUT2D eigenvalue weighted by Gasteiger charge is 2.46. The number of nitrogens with one attached hydrogen (secondary N) is 1. The third kappa shape index (κ3) is 3.57. The van der Waals surface area contributed by atoms with Gasteiger partial charge in [0.15, 0.2) is 0 Å². The predicted octanol–water partition coefficient (Wildman–Crippen LogP) is 2.86. The first-order valence-electron chi connectivity index (χ1n) is 8.72. The summed E-state index contributed by atoms with van der Waals surface area (Å²) in [7, 11) is 0.